The van der Waals surface area contributed by atoms with Crippen LogP contribution < -0.4 is 0 Å². The van der Waals surface area contributed by atoms with Gasteiger partial charge >= 0.3 is 5.97 Å². The molecule has 3 heteroatoms. The van der Waals surface area contributed by atoms with Crippen LogP contribution in [0.3, 0.4) is 0 Å². The second-order valence-corrected chi connectivity index (χ2v) is 4.96. The summed E-state index contributed by atoms with van der Waals surface area (Å²) in [7, 11) is 0. The Labute approximate surface area is 114 Å². The molecule has 0 aromatic heterocycles. The van der Waals surface area contributed by atoms with Crippen molar-refractivity contribution in [2.24, 2.45) is 5.92 Å². The second kappa shape index (κ2) is 8.48. The molecule has 0 fully saturated rings. The van der Waals surface area contributed by atoms with Gasteiger partial charge < -0.3 is 9.84 Å². The summed E-state index contributed by atoms with van der Waals surface area (Å²) in [4.78, 5) is 10.5. The van der Waals surface area contributed by atoms with E-state index in [2.05, 4.69) is 13.8 Å². The van der Waals surface area contributed by atoms with Crippen molar-refractivity contribution in [1.82, 2.24) is 0 Å². The molecule has 1 aromatic rings. The average molecular weight is 262 g/mol. The Hall–Kier alpha value is -1.61. The zero-order chi connectivity index (χ0) is 14.1. The van der Waals surface area contributed by atoms with Gasteiger partial charge in [-0.3, -0.25) is 0 Å². The minimum atomic E-state index is -0.937. The van der Waals surface area contributed by atoms with Crippen LogP contribution in [0.5, 0.6) is 0 Å². The molecule has 0 aliphatic carbocycles. The molecule has 19 heavy (non-hydrogen) atoms. The maximum Gasteiger partial charge on any atom is 0.328 e. The van der Waals surface area contributed by atoms with E-state index < -0.39 is 5.97 Å². The van der Waals surface area contributed by atoms with Gasteiger partial charge in [-0.1, -0.05) is 38.1 Å². The van der Waals surface area contributed by atoms with Crippen LogP contribution in [0.2, 0.25) is 0 Å². The summed E-state index contributed by atoms with van der Waals surface area (Å²) < 4.78 is 5.64. The molecule has 0 atom stereocenters. The maximum atomic E-state index is 10.5. The number of rotatable bonds is 8. The van der Waals surface area contributed by atoms with Gasteiger partial charge in [-0.25, -0.2) is 4.79 Å². The fourth-order valence-electron chi connectivity index (χ4n) is 1.77. The topological polar surface area (TPSA) is 46.5 Å². The van der Waals surface area contributed by atoms with Gasteiger partial charge in [0.25, 0.3) is 0 Å². The molecule has 1 rings (SSSR count). The van der Waals surface area contributed by atoms with E-state index in [1.165, 1.54) is 6.42 Å². The zero-order valence-electron chi connectivity index (χ0n) is 11.6. The van der Waals surface area contributed by atoms with Gasteiger partial charge in [0.05, 0.1) is 6.61 Å². The fraction of sp³-hybridized carbons (Fsp3) is 0.438. The van der Waals surface area contributed by atoms with Crippen molar-refractivity contribution in [2.75, 3.05) is 6.61 Å². The normalized spacial score (nSPS) is 11.3. The minimum Gasteiger partial charge on any atom is -0.478 e. The standard InChI is InChI=1S/C16H22O3/c1-13(2)6-5-11-19-12-15-8-4-3-7-14(15)9-10-16(17)18/h3-4,7-10,13H,5-6,11-12H2,1-2H3,(H,17,18). The Kier molecular flexibility index (Phi) is 6.90. The number of hydrogen-bond acceptors (Lipinski definition) is 2. The van der Waals surface area contributed by atoms with E-state index in [4.69, 9.17) is 9.84 Å². The molecule has 0 aliphatic heterocycles. The van der Waals surface area contributed by atoms with E-state index in [1.54, 1.807) is 6.08 Å². The van der Waals surface area contributed by atoms with Gasteiger partial charge in [0.2, 0.25) is 0 Å². The lowest BCUT2D eigenvalue weighted by Crippen LogP contribution is -1.99. The molecule has 1 aromatic carbocycles. The molecule has 0 saturated heterocycles. The van der Waals surface area contributed by atoms with Crippen molar-refractivity contribution in [3.63, 3.8) is 0 Å². The van der Waals surface area contributed by atoms with E-state index in [0.717, 1.165) is 30.2 Å². The molecule has 0 heterocycles. The first-order valence-electron chi connectivity index (χ1n) is 6.66. The van der Waals surface area contributed by atoms with E-state index in [9.17, 15) is 4.79 Å². The largest absolute Gasteiger partial charge is 0.478 e. The highest BCUT2D eigenvalue weighted by Gasteiger charge is 2.00. The first kappa shape index (κ1) is 15.4. The summed E-state index contributed by atoms with van der Waals surface area (Å²) in [6, 6.07) is 7.69. The van der Waals surface area contributed by atoms with Crippen LogP contribution in [-0.2, 0) is 16.1 Å². The summed E-state index contributed by atoms with van der Waals surface area (Å²) in [6.07, 6.45) is 4.98. The van der Waals surface area contributed by atoms with Crippen LogP contribution in [0, 0.1) is 5.92 Å². The zero-order valence-corrected chi connectivity index (χ0v) is 11.6. The van der Waals surface area contributed by atoms with Crippen LogP contribution in [-0.4, -0.2) is 17.7 Å². The minimum absolute atomic E-state index is 0.526. The number of carbonyl (C=O) groups is 1. The van der Waals surface area contributed by atoms with Gasteiger partial charge in [0.1, 0.15) is 0 Å². The number of ether oxygens (including phenoxy) is 1. The third kappa shape index (κ3) is 6.77. The van der Waals surface area contributed by atoms with Crippen molar-refractivity contribution in [1.29, 1.82) is 0 Å². The molecule has 0 aliphatic rings. The highest BCUT2D eigenvalue weighted by atomic mass is 16.5. The molecule has 3 nitrogen and oxygen atoms in total. The fourth-order valence-corrected chi connectivity index (χ4v) is 1.77. The number of benzene rings is 1. The predicted octanol–water partition coefficient (Wildman–Crippen LogP) is 3.74. The van der Waals surface area contributed by atoms with Gasteiger partial charge in [-0.05, 0) is 36.0 Å². The third-order valence-corrected chi connectivity index (χ3v) is 2.79. The van der Waals surface area contributed by atoms with E-state index in [-0.39, 0.29) is 0 Å². The molecule has 104 valence electrons. The molecular weight excluding hydrogens is 240 g/mol. The van der Waals surface area contributed by atoms with Gasteiger partial charge in [-0.15, -0.1) is 0 Å². The lowest BCUT2D eigenvalue weighted by atomic mass is 10.1. The van der Waals surface area contributed by atoms with Crippen LogP contribution in [0.15, 0.2) is 30.3 Å². The number of hydrogen-bond donors (Lipinski definition) is 1. The molecule has 0 unspecified atom stereocenters. The highest BCUT2D eigenvalue weighted by molar-refractivity contribution is 5.85. The van der Waals surface area contributed by atoms with Crippen molar-refractivity contribution in [3.05, 3.63) is 41.5 Å². The Balaban J connectivity index is 2.47. The summed E-state index contributed by atoms with van der Waals surface area (Å²) in [5.74, 6) is -0.234. The summed E-state index contributed by atoms with van der Waals surface area (Å²) in [5, 5.41) is 8.65. The quantitative estimate of drug-likeness (QED) is 0.573. The molecule has 0 bridgehead atoms. The predicted molar refractivity (Wildman–Crippen MR) is 76.8 cm³/mol. The smallest absolute Gasteiger partial charge is 0.328 e. The highest BCUT2D eigenvalue weighted by Crippen LogP contribution is 2.12. The number of carboxylic acids is 1. The van der Waals surface area contributed by atoms with Crippen molar-refractivity contribution in [2.45, 2.75) is 33.3 Å². The Morgan fingerprint density at radius 2 is 2.11 bits per heavy atom. The molecule has 1 N–H and O–H groups in total. The van der Waals surface area contributed by atoms with Gasteiger partial charge in [-0.2, -0.15) is 0 Å². The second-order valence-electron chi connectivity index (χ2n) is 4.96. The van der Waals surface area contributed by atoms with Crippen molar-refractivity contribution in [3.8, 4) is 0 Å². The number of carboxylic acid groups (broad SMARTS) is 1. The van der Waals surface area contributed by atoms with E-state index in [1.807, 2.05) is 24.3 Å². The Morgan fingerprint density at radius 1 is 1.37 bits per heavy atom. The van der Waals surface area contributed by atoms with Crippen molar-refractivity contribution < 1.29 is 14.6 Å². The first-order chi connectivity index (χ1) is 9.09. The van der Waals surface area contributed by atoms with Crippen LogP contribution in [0.25, 0.3) is 6.08 Å². The van der Waals surface area contributed by atoms with Crippen molar-refractivity contribution >= 4 is 12.0 Å². The van der Waals surface area contributed by atoms with Gasteiger partial charge in [0.15, 0.2) is 0 Å². The summed E-state index contributed by atoms with van der Waals surface area (Å²) in [5.41, 5.74) is 1.92. The monoisotopic (exact) mass is 262 g/mol. The van der Waals surface area contributed by atoms with Crippen LogP contribution >= 0.6 is 0 Å². The maximum absolute atomic E-state index is 10.5. The molecule has 0 spiro atoms. The van der Waals surface area contributed by atoms with Gasteiger partial charge in [0, 0.05) is 12.7 Å². The molecule has 0 amide bonds. The lowest BCUT2D eigenvalue weighted by molar-refractivity contribution is -0.131. The van der Waals surface area contributed by atoms with Crippen LogP contribution in [0.1, 0.15) is 37.8 Å². The lowest BCUT2D eigenvalue weighted by Gasteiger charge is -2.08. The molecule has 0 radical (unpaired) electrons. The average Bonchev–Trinajstić information content (AvgIpc) is 2.36. The third-order valence-electron chi connectivity index (χ3n) is 2.79. The Bertz CT molecular complexity index is 422. The summed E-state index contributed by atoms with van der Waals surface area (Å²) >= 11 is 0. The first-order valence-corrected chi connectivity index (χ1v) is 6.66. The summed E-state index contributed by atoms with van der Waals surface area (Å²) in [6.45, 7) is 5.67. The van der Waals surface area contributed by atoms with Crippen LogP contribution in [0.4, 0.5) is 0 Å². The molecule has 0 saturated carbocycles. The van der Waals surface area contributed by atoms with E-state index >= 15 is 0 Å². The Morgan fingerprint density at radius 3 is 2.79 bits per heavy atom. The SMILES string of the molecule is CC(C)CCCOCc1ccccc1C=CC(=O)O. The van der Waals surface area contributed by atoms with E-state index in [0.29, 0.717) is 12.5 Å². The number of aliphatic carboxylic acids is 1. The molecular formula is C16H22O3.